The van der Waals surface area contributed by atoms with Crippen molar-refractivity contribution in [3.05, 3.63) is 29.6 Å². The fourth-order valence-corrected chi connectivity index (χ4v) is 1.39. The Kier molecular flexibility index (Phi) is 4.15. The number of hydrogen-bond acceptors (Lipinski definition) is 2. The molecule has 0 spiro atoms. The summed E-state index contributed by atoms with van der Waals surface area (Å²) in [7, 11) is 0. The van der Waals surface area contributed by atoms with Gasteiger partial charge in [0.1, 0.15) is 12.4 Å². The van der Waals surface area contributed by atoms with E-state index in [2.05, 4.69) is 0 Å². The molecule has 0 bridgehead atoms. The molecule has 0 aliphatic heterocycles. The van der Waals surface area contributed by atoms with E-state index in [0.29, 0.717) is 4.90 Å². The van der Waals surface area contributed by atoms with Crippen LogP contribution in [0.1, 0.15) is 17.3 Å². The molecule has 1 aromatic carbocycles. The van der Waals surface area contributed by atoms with Gasteiger partial charge in [-0.2, -0.15) is 13.2 Å². The molecule has 0 heterocycles. The molecule has 0 aromatic heterocycles. The standard InChI is InChI=1S/C11H12F4N2O/c1-2-17(6-11(13,14)15)10(18)7-3-4-9(16)8(12)5-7/h3-5H,2,6,16H2,1H3. The van der Waals surface area contributed by atoms with Gasteiger partial charge < -0.3 is 10.6 Å². The van der Waals surface area contributed by atoms with Gasteiger partial charge >= 0.3 is 6.18 Å². The third kappa shape index (κ3) is 3.61. The van der Waals surface area contributed by atoms with Crippen LogP contribution >= 0.6 is 0 Å². The number of hydrogen-bond donors (Lipinski definition) is 1. The fraction of sp³-hybridized carbons (Fsp3) is 0.364. The minimum Gasteiger partial charge on any atom is -0.396 e. The molecule has 0 saturated heterocycles. The molecule has 100 valence electrons. The summed E-state index contributed by atoms with van der Waals surface area (Å²) in [6.07, 6.45) is -4.49. The molecule has 0 radical (unpaired) electrons. The number of carbonyl (C=O) groups is 1. The number of alkyl halides is 3. The van der Waals surface area contributed by atoms with Gasteiger partial charge in [-0.15, -0.1) is 0 Å². The summed E-state index contributed by atoms with van der Waals surface area (Å²) in [5.41, 5.74) is 4.90. The molecule has 0 atom stereocenters. The molecular formula is C11H12F4N2O. The number of amides is 1. The third-order valence-corrected chi connectivity index (χ3v) is 2.29. The molecular weight excluding hydrogens is 252 g/mol. The molecule has 0 saturated carbocycles. The number of halogens is 4. The Morgan fingerprint density at radius 2 is 2.00 bits per heavy atom. The molecule has 2 N–H and O–H groups in total. The first kappa shape index (κ1) is 14.3. The second-order valence-corrected chi connectivity index (χ2v) is 3.67. The molecule has 0 unspecified atom stereocenters. The summed E-state index contributed by atoms with van der Waals surface area (Å²) in [6, 6.07) is 3.17. The SMILES string of the molecule is CCN(CC(F)(F)F)C(=O)c1ccc(N)c(F)c1. The number of nitrogen functional groups attached to an aromatic ring is 1. The highest BCUT2D eigenvalue weighted by Gasteiger charge is 2.32. The summed E-state index contributed by atoms with van der Waals surface area (Å²) in [4.78, 5) is 12.3. The van der Waals surface area contributed by atoms with Crippen molar-refractivity contribution in [3.63, 3.8) is 0 Å². The van der Waals surface area contributed by atoms with E-state index in [1.54, 1.807) is 0 Å². The van der Waals surface area contributed by atoms with E-state index in [0.717, 1.165) is 12.1 Å². The van der Waals surface area contributed by atoms with Crippen LogP contribution in [0.5, 0.6) is 0 Å². The lowest BCUT2D eigenvalue weighted by Gasteiger charge is -2.22. The van der Waals surface area contributed by atoms with Crippen molar-refractivity contribution >= 4 is 11.6 Å². The van der Waals surface area contributed by atoms with Crippen LogP contribution in [0.15, 0.2) is 18.2 Å². The highest BCUT2D eigenvalue weighted by atomic mass is 19.4. The molecule has 3 nitrogen and oxygen atoms in total. The summed E-state index contributed by atoms with van der Waals surface area (Å²) in [6.45, 7) is -0.0734. The average molecular weight is 264 g/mol. The predicted octanol–water partition coefficient (Wildman–Crippen LogP) is 2.43. The zero-order chi connectivity index (χ0) is 13.9. The van der Waals surface area contributed by atoms with Crippen LogP contribution in [0.4, 0.5) is 23.2 Å². The number of benzene rings is 1. The first-order valence-electron chi connectivity index (χ1n) is 5.15. The van der Waals surface area contributed by atoms with E-state index in [1.165, 1.54) is 13.0 Å². The highest BCUT2D eigenvalue weighted by Crippen LogP contribution is 2.19. The normalized spacial score (nSPS) is 11.4. The van der Waals surface area contributed by atoms with Gasteiger partial charge in [0.25, 0.3) is 5.91 Å². The van der Waals surface area contributed by atoms with Gasteiger partial charge in [-0.25, -0.2) is 4.39 Å². The second-order valence-electron chi connectivity index (χ2n) is 3.67. The number of nitrogens with two attached hydrogens (primary N) is 1. The van der Waals surface area contributed by atoms with E-state index in [-0.39, 0.29) is 17.8 Å². The minimum absolute atomic E-state index is 0.121. The number of rotatable bonds is 3. The van der Waals surface area contributed by atoms with Gasteiger partial charge in [0.2, 0.25) is 0 Å². The smallest absolute Gasteiger partial charge is 0.396 e. The molecule has 0 aliphatic rings. The Morgan fingerprint density at radius 1 is 1.39 bits per heavy atom. The van der Waals surface area contributed by atoms with Crippen molar-refractivity contribution in [2.45, 2.75) is 13.1 Å². The molecule has 1 amide bonds. The second kappa shape index (κ2) is 5.24. The van der Waals surface area contributed by atoms with E-state index < -0.39 is 24.4 Å². The maximum Gasteiger partial charge on any atom is 0.406 e. The number of carbonyl (C=O) groups excluding carboxylic acids is 1. The molecule has 18 heavy (non-hydrogen) atoms. The van der Waals surface area contributed by atoms with Crippen molar-refractivity contribution < 1.29 is 22.4 Å². The first-order valence-corrected chi connectivity index (χ1v) is 5.15. The zero-order valence-corrected chi connectivity index (χ0v) is 9.59. The van der Waals surface area contributed by atoms with Crippen LogP contribution in [-0.2, 0) is 0 Å². The Bertz CT molecular complexity index is 445. The van der Waals surface area contributed by atoms with E-state index >= 15 is 0 Å². The number of anilines is 1. The van der Waals surface area contributed by atoms with Crippen molar-refractivity contribution in [3.8, 4) is 0 Å². The van der Waals surface area contributed by atoms with Crippen LogP contribution in [0.3, 0.4) is 0 Å². The van der Waals surface area contributed by atoms with Gasteiger partial charge in [0.15, 0.2) is 0 Å². The maximum absolute atomic E-state index is 13.1. The molecule has 7 heteroatoms. The van der Waals surface area contributed by atoms with Gasteiger partial charge in [-0.05, 0) is 25.1 Å². The molecule has 1 aromatic rings. The maximum atomic E-state index is 13.1. The topological polar surface area (TPSA) is 46.3 Å². The molecule has 0 aliphatic carbocycles. The van der Waals surface area contributed by atoms with Crippen LogP contribution in [0, 0.1) is 5.82 Å². The van der Waals surface area contributed by atoms with Gasteiger partial charge in [-0.3, -0.25) is 4.79 Å². The Hall–Kier alpha value is -1.79. The third-order valence-electron chi connectivity index (χ3n) is 2.29. The van der Waals surface area contributed by atoms with E-state index in [1.807, 2.05) is 0 Å². The Morgan fingerprint density at radius 3 is 2.44 bits per heavy atom. The first-order chi connectivity index (χ1) is 8.24. The largest absolute Gasteiger partial charge is 0.406 e. The fourth-order valence-electron chi connectivity index (χ4n) is 1.39. The lowest BCUT2D eigenvalue weighted by atomic mass is 10.1. The average Bonchev–Trinajstić information content (AvgIpc) is 2.27. The Labute approximate surface area is 101 Å². The van der Waals surface area contributed by atoms with Crippen molar-refractivity contribution in [1.82, 2.24) is 4.90 Å². The van der Waals surface area contributed by atoms with Gasteiger partial charge in [-0.1, -0.05) is 0 Å². The lowest BCUT2D eigenvalue weighted by Crippen LogP contribution is -2.38. The summed E-state index contributed by atoms with van der Waals surface area (Å²) >= 11 is 0. The molecule has 0 fully saturated rings. The van der Waals surface area contributed by atoms with E-state index in [9.17, 15) is 22.4 Å². The predicted molar refractivity (Wildman–Crippen MR) is 58.4 cm³/mol. The van der Waals surface area contributed by atoms with Gasteiger partial charge in [0.05, 0.1) is 5.69 Å². The lowest BCUT2D eigenvalue weighted by molar-refractivity contribution is -0.140. The number of nitrogens with zero attached hydrogens (tertiary/aromatic N) is 1. The summed E-state index contributed by atoms with van der Waals surface area (Å²) < 4.78 is 49.8. The highest BCUT2D eigenvalue weighted by molar-refractivity contribution is 5.94. The quantitative estimate of drug-likeness (QED) is 0.673. The van der Waals surface area contributed by atoms with Crippen LogP contribution < -0.4 is 5.73 Å². The van der Waals surface area contributed by atoms with Crippen molar-refractivity contribution in [1.29, 1.82) is 0 Å². The monoisotopic (exact) mass is 264 g/mol. The van der Waals surface area contributed by atoms with Crippen molar-refractivity contribution in [2.24, 2.45) is 0 Å². The van der Waals surface area contributed by atoms with Crippen LogP contribution in [0.2, 0.25) is 0 Å². The zero-order valence-electron chi connectivity index (χ0n) is 9.59. The molecule has 1 rings (SSSR count). The Balaban J connectivity index is 2.93. The van der Waals surface area contributed by atoms with Gasteiger partial charge in [0, 0.05) is 12.1 Å². The summed E-state index contributed by atoms with van der Waals surface area (Å²) in [5.74, 6) is -1.71. The van der Waals surface area contributed by atoms with Crippen LogP contribution in [-0.4, -0.2) is 30.1 Å². The van der Waals surface area contributed by atoms with Crippen molar-refractivity contribution in [2.75, 3.05) is 18.8 Å². The summed E-state index contributed by atoms with van der Waals surface area (Å²) in [5, 5.41) is 0. The minimum atomic E-state index is -4.49. The van der Waals surface area contributed by atoms with Crippen LogP contribution in [0.25, 0.3) is 0 Å². The van der Waals surface area contributed by atoms with E-state index in [4.69, 9.17) is 5.73 Å².